The van der Waals surface area contributed by atoms with Gasteiger partial charge in [-0.25, -0.2) is 0 Å². The van der Waals surface area contributed by atoms with Gasteiger partial charge in [0.2, 0.25) is 5.91 Å². The maximum Gasteiger partial charge on any atom is 0.251 e. The predicted molar refractivity (Wildman–Crippen MR) is 98.5 cm³/mol. The summed E-state index contributed by atoms with van der Waals surface area (Å²) in [6, 6.07) is 6.88. The standard InChI is InChI=1S/C20H26N2O3/c1-14(13-19(24)21-17-7-5-3-4-6-8-17)20(25)22-18-11-9-16(10-12-18)15(2)23/h9-13,17H,3-8H2,1-2H3,(H,21,24)(H,22,25)/b14-13-. The molecule has 2 amide bonds. The zero-order valence-electron chi connectivity index (χ0n) is 14.9. The maximum atomic E-state index is 12.2. The van der Waals surface area contributed by atoms with E-state index in [1.807, 2.05) is 0 Å². The fourth-order valence-electron chi connectivity index (χ4n) is 2.95. The molecule has 5 heteroatoms. The van der Waals surface area contributed by atoms with Gasteiger partial charge in [-0.1, -0.05) is 25.7 Å². The zero-order valence-corrected chi connectivity index (χ0v) is 14.9. The number of carbonyl (C=O) groups excluding carboxylic acids is 3. The molecule has 0 heterocycles. The molecule has 2 N–H and O–H groups in total. The Balaban J connectivity index is 1.90. The van der Waals surface area contributed by atoms with E-state index in [0.717, 1.165) is 25.7 Å². The van der Waals surface area contributed by atoms with Crippen molar-refractivity contribution in [3.8, 4) is 0 Å². The van der Waals surface area contributed by atoms with Crippen LogP contribution < -0.4 is 10.6 Å². The number of rotatable bonds is 5. The number of benzene rings is 1. The van der Waals surface area contributed by atoms with Crippen LogP contribution in [0.4, 0.5) is 5.69 Å². The Morgan fingerprint density at radius 3 is 2.12 bits per heavy atom. The highest BCUT2D eigenvalue weighted by atomic mass is 16.2. The van der Waals surface area contributed by atoms with Gasteiger partial charge in [0.15, 0.2) is 5.78 Å². The highest BCUT2D eigenvalue weighted by Gasteiger charge is 2.14. The van der Waals surface area contributed by atoms with E-state index in [4.69, 9.17) is 0 Å². The van der Waals surface area contributed by atoms with Crippen molar-refractivity contribution in [1.29, 1.82) is 0 Å². The van der Waals surface area contributed by atoms with Gasteiger partial charge < -0.3 is 10.6 Å². The van der Waals surface area contributed by atoms with Gasteiger partial charge in [-0.15, -0.1) is 0 Å². The minimum atomic E-state index is -0.327. The largest absolute Gasteiger partial charge is 0.350 e. The second-order valence-electron chi connectivity index (χ2n) is 6.61. The summed E-state index contributed by atoms with van der Waals surface area (Å²) in [5.74, 6) is -0.567. The zero-order chi connectivity index (χ0) is 18.2. The molecule has 25 heavy (non-hydrogen) atoms. The van der Waals surface area contributed by atoms with Crippen molar-refractivity contribution >= 4 is 23.3 Å². The van der Waals surface area contributed by atoms with Crippen molar-refractivity contribution in [2.24, 2.45) is 0 Å². The molecule has 2 rings (SSSR count). The molecule has 0 spiro atoms. The number of hydrogen-bond acceptors (Lipinski definition) is 3. The lowest BCUT2D eigenvalue weighted by molar-refractivity contribution is -0.118. The molecular weight excluding hydrogens is 316 g/mol. The topological polar surface area (TPSA) is 75.3 Å². The lowest BCUT2D eigenvalue weighted by Gasteiger charge is -2.15. The average molecular weight is 342 g/mol. The van der Waals surface area contributed by atoms with Gasteiger partial charge in [0.05, 0.1) is 0 Å². The summed E-state index contributed by atoms with van der Waals surface area (Å²) in [5, 5.41) is 5.72. The third-order valence-corrected chi connectivity index (χ3v) is 4.46. The number of ketones is 1. The highest BCUT2D eigenvalue weighted by Crippen LogP contribution is 2.17. The van der Waals surface area contributed by atoms with Gasteiger partial charge in [-0.05, 0) is 51.0 Å². The van der Waals surface area contributed by atoms with Crippen LogP contribution in [0.25, 0.3) is 0 Å². The molecule has 0 atom stereocenters. The molecule has 0 aliphatic heterocycles. The summed E-state index contributed by atoms with van der Waals surface area (Å²) >= 11 is 0. The monoisotopic (exact) mass is 342 g/mol. The van der Waals surface area contributed by atoms with E-state index in [0.29, 0.717) is 16.8 Å². The average Bonchev–Trinajstić information content (AvgIpc) is 2.83. The Hall–Kier alpha value is -2.43. The molecule has 0 aromatic heterocycles. The van der Waals surface area contributed by atoms with Crippen LogP contribution in [0.2, 0.25) is 0 Å². The molecule has 5 nitrogen and oxygen atoms in total. The van der Waals surface area contributed by atoms with E-state index >= 15 is 0 Å². The summed E-state index contributed by atoms with van der Waals surface area (Å²) < 4.78 is 0. The highest BCUT2D eigenvalue weighted by molar-refractivity contribution is 6.07. The van der Waals surface area contributed by atoms with Crippen LogP contribution in [0.5, 0.6) is 0 Å². The molecule has 1 aliphatic rings. The number of amides is 2. The van der Waals surface area contributed by atoms with Crippen molar-refractivity contribution in [1.82, 2.24) is 5.32 Å². The van der Waals surface area contributed by atoms with Gasteiger partial charge in [-0.2, -0.15) is 0 Å². The molecule has 0 radical (unpaired) electrons. The van der Waals surface area contributed by atoms with E-state index in [-0.39, 0.29) is 23.6 Å². The first-order valence-corrected chi connectivity index (χ1v) is 8.87. The van der Waals surface area contributed by atoms with Crippen LogP contribution in [0.15, 0.2) is 35.9 Å². The molecule has 1 aliphatic carbocycles. The smallest absolute Gasteiger partial charge is 0.251 e. The van der Waals surface area contributed by atoms with E-state index in [9.17, 15) is 14.4 Å². The number of carbonyl (C=O) groups is 3. The van der Waals surface area contributed by atoms with Crippen molar-refractivity contribution in [3.05, 3.63) is 41.5 Å². The normalized spacial score (nSPS) is 16.0. The predicted octanol–water partition coefficient (Wildman–Crippen LogP) is 3.61. The summed E-state index contributed by atoms with van der Waals surface area (Å²) in [7, 11) is 0. The van der Waals surface area contributed by atoms with Crippen molar-refractivity contribution < 1.29 is 14.4 Å². The number of nitrogens with one attached hydrogen (secondary N) is 2. The molecule has 1 aromatic rings. The Morgan fingerprint density at radius 1 is 0.960 bits per heavy atom. The molecular formula is C20H26N2O3. The lowest BCUT2D eigenvalue weighted by atomic mass is 10.1. The van der Waals surface area contributed by atoms with Crippen LogP contribution in [0.3, 0.4) is 0 Å². The maximum absolute atomic E-state index is 12.2. The molecule has 134 valence electrons. The third kappa shape index (κ3) is 6.18. The number of anilines is 1. The third-order valence-electron chi connectivity index (χ3n) is 4.46. The molecule has 1 fully saturated rings. The molecule has 1 saturated carbocycles. The van der Waals surface area contributed by atoms with Crippen LogP contribution in [-0.2, 0) is 9.59 Å². The Labute approximate surface area is 148 Å². The second kappa shape index (κ2) is 9.16. The molecule has 0 unspecified atom stereocenters. The van der Waals surface area contributed by atoms with Gasteiger partial charge in [-0.3, -0.25) is 14.4 Å². The van der Waals surface area contributed by atoms with E-state index < -0.39 is 0 Å². The Kier molecular flexibility index (Phi) is 6.92. The Bertz CT molecular complexity index is 654. The SMILES string of the molecule is CC(=O)c1ccc(NC(=O)/C(C)=C\C(=O)NC2CCCCCC2)cc1. The first-order chi connectivity index (χ1) is 12.0. The fraction of sp³-hybridized carbons (Fsp3) is 0.450. The summed E-state index contributed by atoms with van der Waals surface area (Å²) in [6.45, 7) is 3.11. The quantitative estimate of drug-likeness (QED) is 0.487. The van der Waals surface area contributed by atoms with Gasteiger partial charge in [0.25, 0.3) is 5.91 Å². The van der Waals surface area contributed by atoms with Crippen LogP contribution in [-0.4, -0.2) is 23.6 Å². The van der Waals surface area contributed by atoms with Crippen LogP contribution in [0, 0.1) is 0 Å². The number of hydrogen-bond donors (Lipinski definition) is 2. The molecule has 0 saturated heterocycles. The van der Waals surface area contributed by atoms with Gasteiger partial charge >= 0.3 is 0 Å². The summed E-state index contributed by atoms with van der Waals surface area (Å²) in [4.78, 5) is 35.5. The second-order valence-corrected chi connectivity index (χ2v) is 6.61. The fourth-order valence-corrected chi connectivity index (χ4v) is 2.95. The van der Waals surface area contributed by atoms with E-state index in [1.54, 1.807) is 31.2 Å². The molecule has 1 aromatic carbocycles. The molecule has 0 bridgehead atoms. The van der Waals surface area contributed by atoms with Crippen molar-refractivity contribution in [2.45, 2.75) is 58.4 Å². The Morgan fingerprint density at radius 2 is 1.56 bits per heavy atom. The van der Waals surface area contributed by atoms with E-state index in [2.05, 4.69) is 10.6 Å². The van der Waals surface area contributed by atoms with Gasteiger partial charge in [0, 0.05) is 28.9 Å². The summed E-state index contributed by atoms with van der Waals surface area (Å²) in [6.07, 6.45) is 8.11. The van der Waals surface area contributed by atoms with Crippen molar-refractivity contribution in [2.75, 3.05) is 5.32 Å². The van der Waals surface area contributed by atoms with Crippen molar-refractivity contribution in [3.63, 3.8) is 0 Å². The number of Topliss-reactive ketones (excluding diaryl/α,β-unsaturated/α-hetero) is 1. The van der Waals surface area contributed by atoms with E-state index in [1.165, 1.54) is 25.8 Å². The summed E-state index contributed by atoms with van der Waals surface area (Å²) in [5.41, 5.74) is 1.53. The van der Waals surface area contributed by atoms with Crippen LogP contribution >= 0.6 is 0 Å². The minimum Gasteiger partial charge on any atom is -0.350 e. The first kappa shape index (κ1) is 18.9. The van der Waals surface area contributed by atoms with Gasteiger partial charge in [0.1, 0.15) is 0 Å². The lowest BCUT2D eigenvalue weighted by Crippen LogP contribution is -2.33. The van der Waals surface area contributed by atoms with Crippen LogP contribution in [0.1, 0.15) is 62.7 Å². The first-order valence-electron chi connectivity index (χ1n) is 8.87. The minimum absolute atomic E-state index is 0.0239.